The number of guanidine groups is 1. The number of nitrogens with zero attached hydrogens (tertiary/aromatic N) is 3. The summed E-state index contributed by atoms with van der Waals surface area (Å²) in [5.41, 5.74) is -0.0785. The first-order valence-electron chi connectivity index (χ1n) is 9.45. The number of aromatic nitrogens is 3. The minimum atomic E-state index is -0.107. The second kappa shape index (κ2) is 9.25. The van der Waals surface area contributed by atoms with Crippen molar-refractivity contribution in [2.45, 2.75) is 52.2 Å². The molecule has 2 aromatic rings. The lowest BCUT2D eigenvalue weighted by Gasteiger charge is -2.59. The lowest BCUT2D eigenvalue weighted by Crippen LogP contribution is -2.69. The lowest BCUT2D eigenvalue weighted by molar-refractivity contribution is -0.176. The zero-order valence-electron chi connectivity index (χ0n) is 17.2. The predicted molar refractivity (Wildman–Crippen MR) is 120 cm³/mol. The van der Waals surface area contributed by atoms with Crippen LogP contribution in [-0.2, 0) is 11.2 Å². The summed E-state index contributed by atoms with van der Waals surface area (Å²) in [6, 6.07) is 3.98. The standard InChI is InChI=1S/C19H30N6O2.HI/c1-6-20-17(22-14-12-19(4,26-5)18(14,2)3)21-10-9-15-23-16(25-24-15)13-8-7-11-27-13;/h7-8,11,14H,6,9-10,12H2,1-5H3,(H2,20,21,22)(H,23,24,25);1H. The molecule has 0 radical (unpaired) electrons. The van der Waals surface area contributed by atoms with E-state index in [-0.39, 0.29) is 35.0 Å². The molecule has 2 aromatic heterocycles. The van der Waals surface area contributed by atoms with E-state index in [1.807, 2.05) is 12.1 Å². The van der Waals surface area contributed by atoms with Gasteiger partial charge in [0.2, 0.25) is 5.82 Å². The van der Waals surface area contributed by atoms with Gasteiger partial charge in [-0.25, -0.2) is 4.98 Å². The molecular formula is C19H31IN6O2. The Balaban J connectivity index is 0.00000280. The topological polar surface area (TPSA) is 100 Å². The van der Waals surface area contributed by atoms with E-state index in [2.05, 4.69) is 58.5 Å². The number of aromatic amines is 1. The van der Waals surface area contributed by atoms with Crippen LogP contribution in [0.25, 0.3) is 11.6 Å². The Bertz CT molecular complexity index is 773. The van der Waals surface area contributed by atoms with Crippen molar-refractivity contribution in [2.75, 3.05) is 20.2 Å². The van der Waals surface area contributed by atoms with Crippen molar-refractivity contribution in [3.05, 3.63) is 24.2 Å². The highest BCUT2D eigenvalue weighted by atomic mass is 127. The van der Waals surface area contributed by atoms with Gasteiger partial charge in [0.25, 0.3) is 0 Å². The van der Waals surface area contributed by atoms with Crippen LogP contribution in [-0.4, -0.2) is 53.0 Å². The maximum Gasteiger partial charge on any atom is 0.216 e. The second-order valence-corrected chi connectivity index (χ2v) is 7.65. The fourth-order valence-electron chi connectivity index (χ4n) is 3.40. The molecular weight excluding hydrogens is 471 g/mol. The Morgan fingerprint density at radius 2 is 2.21 bits per heavy atom. The summed E-state index contributed by atoms with van der Waals surface area (Å²) in [7, 11) is 1.78. The minimum Gasteiger partial charge on any atom is -0.461 e. The number of halogens is 1. The SMILES string of the molecule is CCNC(=NCCc1nc(-c2ccco2)n[nH]1)NC1CC(C)(OC)C1(C)C.I. The molecule has 2 heterocycles. The Kier molecular flexibility index (Phi) is 7.49. The molecule has 0 aromatic carbocycles. The molecule has 156 valence electrons. The number of nitrogens with one attached hydrogen (secondary N) is 3. The van der Waals surface area contributed by atoms with Crippen LogP contribution >= 0.6 is 24.0 Å². The number of H-pyrrole nitrogens is 1. The number of furan rings is 1. The highest BCUT2D eigenvalue weighted by Crippen LogP contribution is 2.51. The fourth-order valence-corrected chi connectivity index (χ4v) is 3.40. The number of rotatable bonds is 7. The van der Waals surface area contributed by atoms with Gasteiger partial charge < -0.3 is 19.8 Å². The molecule has 1 aliphatic rings. The van der Waals surface area contributed by atoms with Crippen molar-refractivity contribution >= 4 is 29.9 Å². The third-order valence-corrected chi connectivity index (χ3v) is 5.83. The molecule has 1 saturated carbocycles. The average molecular weight is 502 g/mol. The van der Waals surface area contributed by atoms with Crippen LogP contribution in [0.4, 0.5) is 0 Å². The maximum atomic E-state index is 5.71. The maximum absolute atomic E-state index is 5.71. The molecule has 2 unspecified atom stereocenters. The summed E-state index contributed by atoms with van der Waals surface area (Å²) in [4.78, 5) is 9.13. The molecule has 8 nitrogen and oxygen atoms in total. The van der Waals surface area contributed by atoms with Gasteiger partial charge in [0, 0.05) is 38.1 Å². The third kappa shape index (κ3) is 4.51. The van der Waals surface area contributed by atoms with Crippen molar-refractivity contribution in [3.8, 4) is 11.6 Å². The number of ether oxygens (including phenoxy) is 1. The molecule has 3 rings (SSSR count). The van der Waals surface area contributed by atoms with E-state index in [0.29, 0.717) is 30.6 Å². The van der Waals surface area contributed by atoms with E-state index >= 15 is 0 Å². The van der Waals surface area contributed by atoms with Crippen LogP contribution in [0, 0.1) is 5.41 Å². The van der Waals surface area contributed by atoms with Crippen LogP contribution < -0.4 is 10.6 Å². The van der Waals surface area contributed by atoms with Crippen molar-refractivity contribution in [2.24, 2.45) is 10.4 Å². The van der Waals surface area contributed by atoms with E-state index in [4.69, 9.17) is 9.15 Å². The summed E-state index contributed by atoms with van der Waals surface area (Å²) in [6.07, 6.45) is 3.24. The van der Waals surface area contributed by atoms with Gasteiger partial charge in [0.15, 0.2) is 11.7 Å². The Labute approximate surface area is 183 Å². The van der Waals surface area contributed by atoms with Crippen molar-refractivity contribution < 1.29 is 9.15 Å². The molecule has 9 heteroatoms. The number of methoxy groups -OCH3 is 1. The van der Waals surface area contributed by atoms with E-state index < -0.39 is 0 Å². The van der Waals surface area contributed by atoms with Crippen molar-refractivity contribution in [3.63, 3.8) is 0 Å². The first kappa shape index (κ1) is 22.7. The zero-order valence-corrected chi connectivity index (χ0v) is 19.5. The van der Waals surface area contributed by atoms with Crippen molar-refractivity contribution in [1.29, 1.82) is 0 Å². The average Bonchev–Trinajstić information content (AvgIpc) is 3.32. The molecule has 1 fully saturated rings. The lowest BCUT2D eigenvalue weighted by atomic mass is 9.56. The quantitative estimate of drug-likeness (QED) is 0.306. The van der Waals surface area contributed by atoms with E-state index in [1.165, 1.54) is 0 Å². The van der Waals surface area contributed by atoms with Gasteiger partial charge in [0.05, 0.1) is 11.9 Å². The van der Waals surface area contributed by atoms with Crippen LogP contribution in [0.2, 0.25) is 0 Å². The normalized spacial score (nSPS) is 23.6. The Morgan fingerprint density at radius 3 is 2.82 bits per heavy atom. The fraction of sp³-hybridized carbons (Fsp3) is 0.632. The monoisotopic (exact) mass is 502 g/mol. The molecule has 0 spiro atoms. The Hall–Kier alpha value is -1.62. The van der Waals surface area contributed by atoms with Gasteiger partial charge in [-0.05, 0) is 32.4 Å². The summed E-state index contributed by atoms with van der Waals surface area (Å²) >= 11 is 0. The highest BCUT2D eigenvalue weighted by Gasteiger charge is 2.58. The molecule has 0 saturated heterocycles. The smallest absolute Gasteiger partial charge is 0.216 e. The first-order chi connectivity index (χ1) is 12.9. The summed E-state index contributed by atoms with van der Waals surface area (Å²) in [5.74, 6) is 2.83. The third-order valence-electron chi connectivity index (χ3n) is 5.83. The number of aliphatic imine (C=N–C) groups is 1. The molecule has 0 bridgehead atoms. The highest BCUT2D eigenvalue weighted by molar-refractivity contribution is 14.0. The van der Waals surface area contributed by atoms with Crippen LogP contribution in [0.1, 0.15) is 39.9 Å². The second-order valence-electron chi connectivity index (χ2n) is 7.65. The van der Waals surface area contributed by atoms with E-state index in [9.17, 15) is 0 Å². The largest absolute Gasteiger partial charge is 0.461 e. The predicted octanol–water partition coefficient (Wildman–Crippen LogP) is 2.98. The summed E-state index contributed by atoms with van der Waals surface area (Å²) in [5, 5.41) is 14.0. The van der Waals surface area contributed by atoms with Crippen LogP contribution in [0.5, 0.6) is 0 Å². The molecule has 0 aliphatic heterocycles. The first-order valence-corrected chi connectivity index (χ1v) is 9.45. The number of hydrogen-bond acceptors (Lipinski definition) is 5. The Morgan fingerprint density at radius 1 is 1.43 bits per heavy atom. The molecule has 3 N–H and O–H groups in total. The van der Waals surface area contributed by atoms with Crippen LogP contribution in [0.15, 0.2) is 27.8 Å². The van der Waals surface area contributed by atoms with Gasteiger partial charge in [0.1, 0.15) is 5.82 Å². The summed E-state index contributed by atoms with van der Waals surface area (Å²) in [6.45, 7) is 10.1. The molecule has 2 atom stereocenters. The van der Waals surface area contributed by atoms with Gasteiger partial charge in [-0.15, -0.1) is 24.0 Å². The van der Waals surface area contributed by atoms with Crippen molar-refractivity contribution in [1.82, 2.24) is 25.8 Å². The van der Waals surface area contributed by atoms with Gasteiger partial charge in [-0.1, -0.05) is 13.8 Å². The molecule has 1 aliphatic carbocycles. The van der Waals surface area contributed by atoms with Gasteiger partial charge in [-0.3, -0.25) is 10.1 Å². The van der Waals surface area contributed by atoms with E-state index in [1.54, 1.807) is 13.4 Å². The minimum absolute atomic E-state index is 0. The zero-order chi connectivity index (χ0) is 19.5. The van der Waals surface area contributed by atoms with Gasteiger partial charge >= 0.3 is 0 Å². The number of hydrogen-bond donors (Lipinski definition) is 3. The van der Waals surface area contributed by atoms with Gasteiger partial charge in [-0.2, -0.15) is 5.10 Å². The van der Waals surface area contributed by atoms with E-state index in [0.717, 1.165) is 24.7 Å². The molecule has 28 heavy (non-hydrogen) atoms. The van der Waals surface area contributed by atoms with Crippen LogP contribution in [0.3, 0.4) is 0 Å². The summed E-state index contributed by atoms with van der Waals surface area (Å²) < 4.78 is 11.0. The molecule has 0 amide bonds.